The molecular formula is C18H15BrN4O2. The van der Waals surface area contributed by atoms with Crippen LogP contribution in [0.1, 0.15) is 18.3 Å². The summed E-state index contributed by atoms with van der Waals surface area (Å²) in [4.78, 5) is 11.7. The molecular weight excluding hydrogens is 384 g/mol. The van der Waals surface area contributed by atoms with Crippen molar-refractivity contribution in [2.24, 2.45) is 0 Å². The highest BCUT2D eigenvalue weighted by atomic mass is 79.9. The van der Waals surface area contributed by atoms with E-state index in [0.29, 0.717) is 35.2 Å². The first-order valence-electron chi connectivity index (χ1n) is 7.59. The minimum Gasteiger partial charge on any atom is -0.493 e. The second-order valence-corrected chi connectivity index (χ2v) is 6.04. The highest BCUT2D eigenvalue weighted by Gasteiger charge is 2.10. The number of allylic oxidation sites excluding steroid dienone is 1. The first-order chi connectivity index (χ1) is 12.1. The summed E-state index contributed by atoms with van der Waals surface area (Å²) >= 11 is 3.37. The number of benzene rings is 1. The Hall–Kier alpha value is -2.85. The summed E-state index contributed by atoms with van der Waals surface area (Å²) in [5.41, 5.74) is 2.53. The Morgan fingerprint density at radius 2 is 2.20 bits per heavy atom. The average molecular weight is 399 g/mol. The van der Waals surface area contributed by atoms with Crippen LogP contribution in [0.2, 0.25) is 0 Å². The van der Waals surface area contributed by atoms with Gasteiger partial charge in [0.1, 0.15) is 6.07 Å². The van der Waals surface area contributed by atoms with Crippen LogP contribution in [-0.2, 0) is 0 Å². The van der Waals surface area contributed by atoms with Crippen molar-refractivity contribution in [1.29, 1.82) is 5.26 Å². The molecule has 126 valence electrons. The molecule has 0 aliphatic heterocycles. The summed E-state index contributed by atoms with van der Waals surface area (Å²) < 4.78 is 11.7. The quantitative estimate of drug-likeness (QED) is 0.651. The Labute approximate surface area is 153 Å². The number of pyridine rings is 1. The van der Waals surface area contributed by atoms with Crippen molar-refractivity contribution in [1.82, 2.24) is 15.0 Å². The van der Waals surface area contributed by atoms with Crippen molar-refractivity contribution in [2.75, 3.05) is 13.7 Å². The first kappa shape index (κ1) is 17.0. The number of imidazole rings is 1. The zero-order valence-corrected chi connectivity index (χ0v) is 15.3. The van der Waals surface area contributed by atoms with Gasteiger partial charge in [-0.1, -0.05) is 6.07 Å². The van der Waals surface area contributed by atoms with E-state index in [0.717, 1.165) is 15.6 Å². The predicted octanol–water partition coefficient (Wildman–Crippen LogP) is 4.19. The molecule has 0 spiro atoms. The molecule has 1 N–H and O–H groups in total. The fraction of sp³-hybridized carbons (Fsp3) is 0.167. The molecule has 2 aromatic heterocycles. The third kappa shape index (κ3) is 3.64. The van der Waals surface area contributed by atoms with Crippen LogP contribution in [0.5, 0.6) is 11.5 Å². The monoisotopic (exact) mass is 398 g/mol. The van der Waals surface area contributed by atoms with Gasteiger partial charge in [-0.25, -0.2) is 9.97 Å². The molecule has 7 heteroatoms. The zero-order valence-electron chi connectivity index (χ0n) is 13.7. The Bertz CT molecular complexity index is 988. The number of hydrogen-bond acceptors (Lipinski definition) is 5. The van der Waals surface area contributed by atoms with E-state index in [1.807, 2.05) is 31.2 Å². The molecule has 0 aliphatic rings. The molecule has 0 bridgehead atoms. The molecule has 3 aromatic rings. The maximum Gasteiger partial charge on any atom is 0.178 e. The van der Waals surface area contributed by atoms with E-state index in [1.165, 1.54) is 0 Å². The number of rotatable bonds is 5. The molecule has 0 fully saturated rings. The van der Waals surface area contributed by atoms with Gasteiger partial charge in [0.2, 0.25) is 0 Å². The third-order valence-electron chi connectivity index (χ3n) is 3.48. The fourth-order valence-corrected chi connectivity index (χ4v) is 2.70. The van der Waals surface area contributed by atoms with Crippen LogP contribution >= 0.6 is 15.9 Å². The lowest BCUT2D eigenvalue weighted by Gasteiger charge is -2.09. The van der Waals surface area contributed by atoms with Gasteiger partial charge in [-0.2, -0.15) is 5.26 Å². The van der Waals surface area contributed by atoms with Crippen molar-refractivity contribution in [3.8, 4) is 17.6 Å². The highest BCUT2D eigenvalue weighted by molar-refractivity contribution is 9.10. The van der Waals surface area contributed by atoms with Gasteiger partial charge in [-0.15, -0.1) is 0 Å². The summed E-state index contributed by atoms with van der Waals surface area (Å²) in [6.45, 7) is 2.46. The molecule has 2 heterocycles. The van der Waals surface area contributed by atoms with Crippen LogP contribution in [0, 0.1) is 11.3 Å². The summed E-state index contributed by atoms with van der Waals surface area (Å²) in [7, 11) is 1.58. The van der Waals surface area contributed by atoms with Crippen LogP contribution in [-0.4, -0.2) is 28.7 Å². The number of nitrogens with zero attached hydrogens (tertiary/aromatic N) is 3. The molecule has 0 radical (unpaired) electrons. The first-order valence-corrected chi connectivity index (χ1v) is 8.38. The number of H-pyrrole nitrogens is 1. The lowest BCUT2D eigenvalue weighted by Crippen LogP contribution is -1.95. The normalized spacial score (nSPS) is 11.4. The predicted molar refractivity (Wildman–Crippen MR) is 99.2 cm³/mol. The van der Waals surface area contributed by atoms with E-state index in [1.54, 1.807) is 19.4 Å². The number of halogens is 1. The minimum atomic E-state index is 0.403. The standard InChI is InChI=1S/C18H15BrN4O2/c1-3-25-15-5-4-11(7-16(15)24-2)6-12(9-20)17-22-14-8-13(19)10-21-18(14)23-17/h4-8,10H,3H2,1-2H3,(H,21,22,23)/b12-6+. The van der Waals surface area contributed by atoms with Crippen molar-refractivity contribution in [3.05, 3.63) is 46.3 Å². The molecule has 25 heavy (non-hydrogen) atoms. The van der Waals surface area contributed by atoms with E-state index in [-0.39, 0.29) is 0 Å². The number of nitriles is 1. The third-order valence-corrected chi connectivity index (χ3v) is 3.91. The molecule has 0 saturated heterocycles. The van der Waals surface area contributed by atoms with E-state index >= 15 is 0 Å². The molecule has 0 amide bonds. The summed E-state index contributed by atoms with van der Waals surface area (Å²) in [6, 6.07) is 9.55. The molecule has 1 aromatic carbocycles. The average Bonchev–Trinajstić information content (AvgIpc) is 3.03. The number of fused-ring (bicyclic) bond motifs is 1. The lowest BCUT2D eigenvalue weighted by atomic mass is 10.1. The number of ether oxygens (including phenoxy) is 2. The smallest absolute Gasteiger partial charge is 0.178 e. The van der Waals surface area contributed by atoms with Crippen LogP contribution in [0.15, 0.2) is 34.9 Å². The highest BCUT2D eigenvalue weighted by Crippen LogP contribution is 2.29. The molecule has 6 nitrogen and oxygen atoms in total. The Kier molecular flexibility index (Phi) is 5.00. The Morgan fingerprint density at radius 1 is 1.36 bits per heavy atom. The number of hydrogen-bond donors (Lipinski definition) is 1. The van der Waals surface area contributed by atoms with E-state index in [9.17, 15) is 5.26 Å². The zero-order chi connectivity index (χ0) is 17.8. The van der Waals surface area contributed by atoms with Crippen LogP contribution in [0.4, 0.5) is 0 Å². The molecule has 0 saturated carbocycles. The number of aromatic amines is 1. The van der Waals surface area contributed by atoms with Crippen LogP contribution in [0.25, 0.3) is 22.8 Å². The minimum absolute atomic E-state index is 0.403. The van der Waals surface area contributed by atoms with Gasteiger partial charge in [-0.05, 0) is 52.7 Å². The molecule has 0 unspecified atom stereocenters. The molecule has 3 rings (SSSR count). The SMILES string of the molecule is CCOc1ccc(/C=C(\C#N)c2nc3ncc(Br)cc3[nH]2)cc1OC. The van der Waals surface area contributed by atoms with Crippen LogP contribution in [0.3, 0.4) is 0 Å². The van der Waals surface area contributed by atoms with Gasteiger partial charge in [0.15, 0.2) is 23.0 Å². The number of nitrogens with one attached hydrogen (secondary N) is 1. The second-order valence-electron chi connectivity index (χ2n) is 5.12. The summed E-state index contributed by atoms with van der Waals surface area (Å²) in [5.74, 6) is 1.75. The topological polar surface area (TPSA) is 83.8 Å². The van der Waals surface area contributed by atoms with Gasteiger partial charge < -0.3 is 14.5 Å². The molecule has 0 atom stereocenters. The van der Waals surface area contributed by atoms with Crippen LogP contribution < -0.4 is 9.47 Å². The maximum absolute atomic E-state index is 9.52. The summed E-state index contributed by atoms with van der Waals surface area (Å²) in [5, 5.41) is 9.52. The van der Waals surface area contributed by atoms with Gasteiger partial charge in [-0.3, -0.25) is 0 Å². The van der Waals surface area contributed by atoms with Gasteiger partial charge >= 0.3 is 0 Å². The number of aromatic nitrogens is 3. The van der Waals surface area contributed by atoms with E-state index < -0.39 is 0 Å². The maximum atomic E-state index is 9.52. The Balaban J connectivity index is 2.00. The fourth-order valence-electron chi connectivity index (χ4n) is 2.37. The van der Waals surface area contributed by atoms with E-state index in [2.05, 4.69) is 37.0 Å². The number of methoxy groups -OCH3 is 1. The summed E-state index contributed by atoms with van der Waals surface area (Å²) in [6.07, 6.45) is 3.41. The van der Waals surface area contributed by atoms with Crippen molar-refractivity contribution >= 4 is 38.7 Å². The Morgan fingerprint density at radius 3 is 2.92 bits per heavy atom. The second kappa shape index (κ2) is 7.36. The molecule has 0 aliphatic carbocycles. The van der Waals surface area contributed by atoms with Gasteiger partial charge in [0.05, 0.1) is 24.8 Å². The van der Waals surface area contributed by atoms with Gasteiger partial charge in [0.25, 0.3) is 0 Å². The van der Waals surface area contributed by atoms with E-state index in [4.69, 9.17) is 9.47 Å². The largest absolute Gasteiger partial charge is 0.493 e. The lowest BCUT2D eigenvalue weighted by molar-refractivity contribution is 0.311. The van der Waals surface area contributed by atoms with Gasteiger partial charge in [0, 0.05) is 10.7 Å². The van der Waals surface area contributed by atoms with Crippen molar-refractivity contribution in [2.45, 2.75) is 6.92 Å². The van der Waals surface area contributed by atoms with Crippen molar-refractivity contribution in [3.63, 3.8) is 0 Å². The van der Waals surface area contributed by atoms with Crippen molar-refractivity contribution < 1.29 is 9.47 Å².